The van der Waals surface area contributed by atoms with E-state index in [1.807, 2.05) is 19.2 Å². The van der Waals surface area contributed by atoms with E-state index in [0.717, 1.165) is 23.8 Å². The highest BCUT2D eigenvalue weighted by Gasteiger charge is 2.40. The molecular formula is C22H24F2N4O. The minimum absolute atomic E-state index is 0.0374. The number of aromatic nitrogens is 3. The lowest BCUT2D eigenvalue weighted by Gasteiger charge is -2.21. The fourth-order valence-corrected chi connectivity index (χ4v) is 3.83. The summed E-state index contributed by atoms with van der Waals surface area (Å²) in [5.74, 6) is 1.14. The molecule has 1 N–H and O–H groups in total. The zero-order valence-corrected chi connectivity index (χ0v) is 17.0. The minimum Gasteiger partial charge on any atom is -0.363 e. The van der Waals surface area contributed by atoms with E-state index >= 15 is 0 Å². The maximum absolute atomic E-state index is 13.3. The van der Waals surface area contributed by atoms with E-state index in [0.29, 0.717) is 22.7 Å². The van der Waals surface area contributed by atoms with Gasteiger partial charge >= 0.3 is 0 Å². The second-order valence-corrected chi connectivity index (χ2v) is 8.13. The van der Waals surface area contributed by atoms with Crippen LogP contribution in [-0.2, 0) is 5.54 Å². The molecule has 0 saturated heterocycles. The third-order valence-electron chi connectivity index (χ3n) is 5.87. The van der Waals surface area contributed by atoms with Crippen LogP contribution in [0.5, 0.6) is 0 Å². The third kappa shape index (κ3) is 3.50. The largest absolute Gasteiger partial charge is 0.363 e. The van der Waals surface area contributed by atoms with Gasteiger partial charge < -0.3 is 9.88 Å². The molecule has 1 atom stereocenters. The fraction of sp³-hybridized carbons (Fsp3) is 0.409. The van der Waals surface area contributed by atoms with E-state index in [4.69, 9.17) is 0 Å². The van der Waals surface area contributed by atoms with Crippen molar-refractivity contribution in [2.24, 2.45) is 0 Å². The summed E-state index contributed by atoms with van der Waals surface area (Å²) in [6.45, 7) is 7.46. The van der Waals surface area contributed by atoms with Crippen molar-refractivity contribution in [1.82, 2.24) is 14.5 Å². The normalized spacial score (nSPS) is 16.2. The summed E-state index contributed by atoms with van der Waals surface area (Å²) in [6, 6.07) is 6.25. The van der Waals surface area contributed by atoms with Crippen molar-refractivity contribution in [1.29, 1.82) is 0 Å². The number of nitrogens with zero attached hydrogens (tertiary/aromatic N) is 3. The second-order valence-electron chi connectivity index (χ2n) is 8.13. The van der Waals surface area contributed by atoms with Crippen LogP contribution in [0.4, 0.5) is 14.6 Å². The van der Waals surface area contributed by atoms with Crippen molar-refractivity contribution in [2.75, 3.05) is 5.32 Å². The summed E-state index contributed by atoms with van der Waals surface area (Å²) in [5, 5.41) is 4.10. The van der Waals surface area contributed by atoms with Gasteiger partial charge in [-0.1, -0.05) is 18.2 Å². The number of alkyl halides is 2. The topological polar surface area (TPSA) is 59.8 Å². The van der Waals surface area contributed by atoms with Crippen LogP contribution in [0, 0.1) is 13.8 Å². The van der Waals surface area contributed by atoms with Crippen LogP contribution < -0.4 is 10.9 Å². The highest BCUT2D eigenvalue weighted by atomic mass is 19.3. The summed E-state index contributed by atoms with van der Waals surface area (Å²) in [7, 11) is 0. The van der Waals surface area contributed by atoms with Crippen molar-refractivity contribution in [3.63, 3.8) is 0 Å². The van der Waals surface area contributed by atoms with Gasteiger partial charge in [0.1, 0.15) is 11.6 Å². The van der Waals surface area contributed by atoms with Crippen LogP contribution in [0.2, 0.25) is 0 Å². The molecule has 0 unspecified atom stereocenters. The smallest absolute Gasteiger partial charge is 0.264 e. The van der Waals surface area contributed by atoms with Gasteiger partial charge in [-0.3, -0.25) is 4.79 Å². The molecule has 2 heterocycles. The first kappa shape index (κ1) is 19.5. The molecule has 152 valence electrons. The van der Waals surface area contributed by atoms with E-state index < -0.39 is 6.43 Å². The van der Waals surface area contributed by atoms with Crippen LogP contribution in [0.3, 0.4) is 0 Å². The lowest BCUT2D eigenvalue weighted by Crippen LogP contribution is -2.27. The fourth-order valence-electron chi connectivity index (χ4n) is 3.83. The van der Waals surface area contributed by atoms with Gasteiger partial charge in [0, 0.05) is 23.4 Å². The van der Waals surface area contributed by atoms with Gasteiger partial charge in [0.15, 0.2) is 0 Å². The van der Waals surface area contributed by atoms with E-state index in [2.05, 4.69) is 22.2 Å². The molecule has 3 aromatic rings. The van der Waals surface area contributed by atoms with Gasteiger partial charge in [-0.2, -0.15) is 0 Å². The van der Waals surface area contributed by atoms with Gasteiger partial charge in [0.2, 0.25) is 0 Å². The van der Waals surface area contributed by atoms with Gasteiger partial charge in [0.25, 0.3) is 12.0 Å². The minimum atomic E-state index is -2.52. The van der Waals surface area contributed by atoms with E-state index in [1.165, 1.54) is 6.07 Å². The number of pyridine rings is 1. The lowest BCUT2D eigenvalue weighted by molar-refractivity contribution is 0.150. The number of hydrogen-bond donors (Lipinski definition) is 1. The molecule has 1 aliphatic rings. The molecule has 0 aliphatic heterocycles. The van der Waals surface area contributed by atoms with Crippen molar-refractivity contribution in [3.8, 4) is 0 Å². The van der Waals surface area contributed by atoms with Crippen LogP contribution >= 0.6 is 0 Å². The third-order valence-corrected chi connectivity index (χ3v) is 5.87. The summed E-state index contributed by atoms with van der Waals surface area (Å²) in [5.41, 5.74) is 1.75. The van der Waals surface area contributed by atoms with Crippen molar-refractivity contribution < 1.29 is 8.78 Å². The number of anilines is 1. The van der Waals surface area contributed by atoms with Gasteiger partial charge in [-0.25, -0.2) is 18.7 Å². The summed E-state index contributed by atoms with van der Waals surface area (Å²) in [6.07, 6.45) is 1.23. The molecule has 0 bridgehead atoms. The Kier molecular flexibility index (Phi) is 4.63. The van der Waals surface area contributed by atoms with E-state index in [9.17, 15) is 13.6 Å². The van der Waals surface area contributed by atoms with Crippen LogP contribution in [0.25, 0.3) is 10.9 Å². The van der Waals surface area contributed by atoms with E-state index in [1.54, 1.807) is 30.5 Å². The highest BCUT2D eigenvalue weighted by Crippen LogP contribution is 2.42. The number of rotatable bonds is 5. The quantitative estimate of drug-likeness (QED) is 0.655. The number of fused-ring (bicyclic) bond motifs is 1. The standard InChI is InChI=1S/C22H24F2N4O/c1-12-15(6-5-7-16(12)20(23)24)13(2)25-21-17-11-28(22(4)8-9-22)19(29)10-18(17)26-14(3)27-21/h5-7,10-11,13,20H,8-9H2,1-4H3,(H,25,26,27)/t13-/m1/s1. The van der Waals surface area contributed by atoms with Crippen molar-refractivity contribution in [3.05, 3.63) is 63.3 Å². The summed E-state index contributed by atoms with van der Waals surface area (Å²) >= 11 is 0. The Hall–Kier alpha value is -2.83. The Morgan fingerprint density at radius 2 is 1.86 bits per heavy atom. The summed E-state index contributed by atoms with van der Waals surface area (Å²) in [4.78, 5) is 21.5. The molecule has 7 heteroatoms. The molecule has 1 saturated carbocycles. The van der Waals surface area contributed by atoms with Gasteiger partial charge in [-0.15, -0.1) is 0 Å². The SMILES string of the molecule is Cc1nc(N[C@H](C)c2cccc(C(F)F)c2C)c2cn(C3(C)CC3)c(=O)cc2n1. The first-order valence-electron chi connectivity index (χ1n) is 9.75. The average Bonchev–Trinajstić information content (AvgIpc) is 3.39. The lowest BCUT2D eigenvalue weighted by atomic mass is 9.97. The van der Waals surface area contributed by atoms with Crippen LogP contribution in [-0.4, -0.2) is 14.5 Å². The average molecular weight is 398 g/mol. The number of aryl methyl sites for hydroxylation is 1. The predicted molar refractivity (Wildman–Crippen MR) is 110 cm³/mol. The van der Waals surface area contributed by atoms with Crippen molar-refractivity contribution in [2.45, 2.75) is 58.5 Å². The second kappa shape index (κ2) is 6.90. The predicted octanol–water partition coefficient (Wildman–Crippen LogP) is 5.03. The number of hydrogen-bond acceptors (Lipinski definition) is 4. The van der Waals surface area contributed by atoms with Gasteiger partial charge in [0.05, 0.1) is 16.9 Å². The molecular weight excluding hydrogens is 374 g/mol. The molecule has 0 spiro atoms. The summed E-state index contributed by atoms with van der Waals surface area (Å²) < 4.78 is 28.3. The zero-order valence-electron chi connectivity index (χ0n) is 17.0. The maximum Gasteiger partial charge on any atom is 0.264 e. The zero-order chi connectivity index (χ0) is 20.9. The molecule has 0 amide bonds. The Bertz CT molecular complexity index is 1150. The Morgan fingerprint density at radius 1 is 1.17 bits per heavy atom. The number of halogens is 2. The molecule has 1 aromatic carbocycles. The molecule has 4 rings (SSSR count). The molecule has 1 fully saturated rings. The van der Waals surface area contributed by atoms with Crippen LogP contribution in [0.15, 0.2) is 35.3 Å². The van der Waals surface area contributed by atoms with Crippen molar-refractivity contribution >= 4 is 16.7 Å². The van der Waals surface area contributed by atoms with Crippen LogP contribution in [0.1, 0.15) is 61.7 Å². The first-order valence-corrected chi connectivity index (χ1v) is 9.75. The maximum atomic E-state index is 13.3. The monoisotopic (exact) mass is 398 g/mol. The highest BCUT2D eigenvalue weighted by molar-refractivity contribution is 5.88. The van der Waals surface area contributed by atoms with E-state index in [-0.39, 0.29) is 22.7 Å². The number of nitrogens with one attached hydrogen (secondary N) is 1. The molecule has 1 aliphatic carbocycles. The molecule has 5 nitrogen and oxygen atoms in total. The van der Waals surface area contributed by atoms with Gasteiger partial charge in [-0.05, 0) is 51.7 Å². The first-order chi connectivity index (χ1) is 13.7. The molecule has 2 aromatic heterocycles. The Labute approximate surface area is 167 Å². The number of benzene rings is 1. The Morgan fingerprint density at radius 3 is 2.52 bits per heavy atom. The Balaban J connectivity index is 1.78. The molecule has 29 heavy (non-hydrogen) atoms. The molecule has 0 radical (unpaired) electrons.